The number of oxazole rings is 1. The van der Waals surface area contributed by atoms with Crippen molar-refractivity contribution in [2.24, 2.45) is 0 Å². The molecule has 0 saturated carbocycles. The molecule has 0 bridgehead atoms. The summed E-state index contributed by atoms with van der Waals surface area (Å²) in [5.41, 5.74) is 3.25. The summed E-state index contributed by atoms with van der Waals surface area (Å²) in [4.78, 5) is 5.42. The summed E-state index contributed by atoms with van der Waals surface area (Å²) in [6, 6.07) is 12.3. The topological polar surface area (TPSA) is 43.1 Å². The van der Waals surface area contributed by atoms with Gasteiger partial charge in [-0.2, -0.15) is 0 Å². The summed E-state index contributed by atoms with van der Waals surface area (Å²) in [6.07, 6.45) is 1.61. The van der Waals surface area contributed by atoms with Gasteiger partial charge < -0.3 is 4.42 Å². The van der Waals surface area contributed by atoms with Crippen LogP contribution in [-0.4, -0.2) is 9.19 Å². The number of aromatic nitrogens is 1. The second-order valence-electron chi connectivity index (χ2n) is 6.80. The zero-order valence-electron chi connectivity index (χ0n) is 14.1. The second-order valence-corrected chi connectivity index (χ2v) is 9.20. The molecule has 3 rings (SSSR count). The van der Waals surface area contributed by atoms with Gasteiger partial charge in [0.05, 0.1) is 16.3 Å². The third kappa shape index (κ3) is 4.22. The van der Waals surface area contributed by atoms with E-state index in [1.807, 2.05) is 17.5 Å². The molecule has 0 aliphatic heterocycles. The van der Waals surface area contributed by atoms with Gasteiger partial charge in [0.15, 0.2) is 0 Å². The minimum absolute atomic E-state index is 0.136. The van der Waals surface area contributed by atoms with Gasteiger partial charge in [-0.25, -0.2) is 4.98 Å². The Morgan fingerprint density at radius 1 is 1.12 bits per heavy atom. The van der Waals surface area contributed by atoms with Crippen LogP contribution in [0.15, 0.2) is 52.5 Å². The molecule has 0 N–H and O–H groups in total. The van der Waals surface area contributed by atoms with E-state index in [-0.39, 0.29) is 5.41 Å². The highest BCUT2D eigenvalue weighted by Crippen LogP contribution is 2.25. The summed E-state index contributed by atoms with van der Waals surface area (Å²) < 4.78 is 17.9. The van der Waals surface area contributed by atoms with Gasteiger partial charge in [0, 0.05) is 16.6 Å². The maximum atomic E-state index is 12.4. The standard InChI is InChI=1S/C19H21NO2S2/c1-19(2,3)15-8-6-14(7-9-15)12-24(21)13-16-11-22-18(20-16)17-5-4-10-23-17/h4-11H,12-13H2,1-3H3/t24-/m1/s1. The number of rotatable bonds is 5. The summed E-state index contributed by atoms with van der Waals surface area (Å²) in [6.45, 7) is 6.57. The predicted molar refractivity (Wildman–Crippen MR) is 101 cm³/mol. The molecule has 0 aliphatic carbocycles. The van der Waals surface area contributed by atoms with Gasteiger partial charge in [-0.15, -0.1) is 11.3 Å². The van der Waals surface area contributed by atoms with Crippen LogP contribution < -0.4 is 0 Å². The SMILES string of the molecule is CC(C)(C)c1ccc(C[S@@](=O)Cc2coc(-c3cccs3)n2)cc1. The molecule has 0 radical (unpaired) electrons. The van der Waals surface area contributed by atoms with Gasteiger partial charge in [-0.3, -0.25) is 4.21 Å². The van der Waals surface area contributed by atoms with E-state index in [2.05, 4.69) is 50.0 Å². The van der Waals surface area contributed by atoms with Crippen LogP contribution >= 0.6 is 11.3 Å². The molecule has 126 valence electrons. The van der Waals surface area contributed by atoms with E-state index in [4.69, 9.17) is 4.42 Å². The molecule has 2 heterocycles. The smallest absolute Gasteiger partial charge is 0.236 e. The predicted octanol–water partition coefficient (Wildman–Crippen LogP) is 5.15. The van der Waals surface area contributed by atoms with Gasteiger partial charge in [0.2, 0.25) is 5.89 Å². The van der Waals surface area contributed by atoms with Crippen LogP contribution in [-0.2, 0) is 27.7 Å². The lowest BCUT2D eigenvalue weighted by Gasteiger charge is -2.19. The van der Waals surface area contributed by atoms with E-state index in [1.165, 1.54) is 5.56 Å². The molecule has 24 heavy (non-hydrogen) atoms. The first-order chi connectivity index (χ1) is 11.4. The Balaban J connectivity index is 1.62. The maximum absolute atomic E-state index is 12.4. The zero-order valence-corrected chi connectivity index (χ0v) is 15.7. The number of nitrogens with zero attached hydrogens (tertiary/aromatic N) is 1. The fourth-order valence-corrected chi connectivity index (χ4v) is 4.17. The molecule has 1 aromatic carbocycles. The van der Waals surface area contributed by atoms with E-state index < -0.39 is 10.8 Å². The lowest BCUT2D eigenvalue weighted by molar-refractivity contribution is 0.574. The van der Waals surface area contributed by atoms with Crippen molar-refractivity contribution >= 4 is 22.1 Å². The first kappa shape index (κ1) is 17.1. The molecule has 0 unspecified atom stereocenters. The number of hydrogen-bond donors (Lipinski definition) is 0. The van der Waals surface area contributed by atoms with Crippen LogP contribution in [0.2, 0.25) is 0 Å². The van der Waals surface area contributed by atoms with Crippen molar-refractivity contribution in [2.45, 2.75) is 37.7 Å². The summed E-state index contributed by atoms with van der Waals surface area (Å²) in [7, 11) is -1.00. The van der Waals surface area contributed by atoms with Crippen LogP contribution in [0.5, 0.6) is 0 Å². The molecular weight excluding hydrogens is 338 g/mol. The van der Waals surface area contributed by atoms with Crippen molar-refractivity contribution in [3.05, 3.63) is 64.9 Å². The second kappa shape index (κ2) is 7.03. The summed E-state index contributed by atoms with van der Waals surface area (Å²) in [5, 5.41) is 1.98. The van der Waals surface area contributed by atoms with Crippen LogP contribution in [0.4, 0.5) is 0 Å². The molecule has 3 aromatic rings. The van der Waals surface area contributed by atoms with Gasteiger partial charge in [0.1, 0.15) is 6.26 Å². The highest BCUT2D eigenvalue weighted by atomic mass is 32.2. The lowest BCUT2D eigenvalue weighted by atomic mass is 9.87. The molecular formula is C19H21NO2S2. The molecule has 0 fully saturated rings. The van der Waals surface area contributed by atoms with Crippen molar-refractivity contribution < 1.29 is 8.63 Å². The van der Waals surface area contributed by atoms with Crippen molar-refractivity contribution in [2.75, 3.05) is 0 Å². The van der Waals surface area contributed by atoms with Crippen molar-refractivity contribution in [3.63, 3.8) is 0 Å². The Kier molecular flexibility index (Phi) is 5.01. The van der Waals surface area contributed by atoms with Crippen molar-refractivity contribution in [1.29, 1.82) is 0 Å². The molecule has 1 atom stereocenters. The largest absolute Gasteiger partial charge is 0.444 e. The van der Waals surface area contributed by atoms with Gasteiger partial charge in [0.25, 0.3) is 0 Å². The molecule has 2 aromatic heterocycles. The lowest BCUT2D eigenvalue weighted by Crippen LogP contribution is -2.10. The average molecular weight is 360 g/mol. The molecule has 0 amide bonds. The number of hydrogen-bond acceptors (Lipinski definition) is 4. The Hall–Kier alpha value is -1.72. The molecule has 3 nitrogen and oxygen atoms in total. The molecule has 0 aliphatic rings. The fourth-order valence-electron chi connectivity index (χ4n) is 2.39. The first-order valence-electron chi connectivity index (χ1n) is 7.84. The molecule has 0 spiro atoms. The van der Waals surface area contributed by atoms with Gasteiger partial charge in [-0.05, 0) is 28.0 Å². The number of benzene rings is 1. The zero-order chi connectivity index (χ0) is 17.2. The highest BCUT2D eigenvalue weighted by Gasteiger charge is 2.14. The highest BCUT2D eigenvalue weighted by molar-refractivity contribution is 7.83. The third-order valence-corrected chi connectivity index (χ3v) is 5.87. The quantitative estimate of drug-likeness (QED) is 0.633. The van der Waals surface area contributed by atoms with Crippen molar-refractivity contribution in [1.82, 2.24) is 4.98 Å². The third-order valence-electron chi connectivity index (χ3n) is 3.74. The number of thiophene rings is 1. The minimum atomic E-state index is -1.00. The van der Waals surface area contributed by atoms with Gasteiger partial charge in [-0.1, -0.05) is 51.1 Å². The van der Waals surface area contributed by atoms with E-state index in [9.17, 15) is 4.21 Å². The van der Waals surface area contributed by atoms with Gasteiger partial charge >= 0.3 is 0 Å². The molecule has 5 heteroatoms. The van der Waals surface area contributed by atoms with Crippen LogP contribution in [0.1, 0.15) is 37.6 Å². The fraction of sp³-hybridized carbons (Fsp3) is 0.316. The molecule has 0 saturated heterocycles. The normalized spacial score (nSPS) is 13.1. The van der Waals surface area contributed by atoms with Crippen LogP contribution in [0.3, 0.4) is 0 Å². The minimum Gasteiger partial charge on any atom is -0.444 e. The summed E-state index contributed by atoms with van der Waals surface area (Å²) in [5.74, 6) is 1.55. The first-order valence-corrected chi connectivity index (χ1v) is 10.2. The van der Waals surface area contributed by atoms with E-state index in [0.717, 1.165) is 16.1 Å². The average Bonchev–Trinajstić information content (AvgIpc) is 3.17. The monoisotopic (exact) mass is 359 g/mol. The van der Waals surface area contributed by atoms with Crippen LogP contribution in [0.25, 0.3) is 10.8 Å². The Bertz CT molecular complexity index is 812. The van der Waals surface area contributed by atoms with E-state index in [0.29, 0.717) is 17.4 Å². The Labute approximate surface area is 149 Å². The maximum Gasteiger partial charge on any atom is 0.236 e. The Morgan fingerprint density at radius 2 is 1.88 bits per heavy atom. The Morgan fingerprint density at radius 3 is 2.50 bits per heavy atom. The van der Waals surface area contributed by atoms with Crippen molar-refractivity contribution in [3.8, 4) is 10.8 Å². The summed E-state index contributed by atoms with van der Waals surface area (Å²) >= 11 is 1.58. The van der Waals surface area contributed by atoms with E-state index in [1.54, 1.807) is 17.6 Å². The van der Waals surface area contributed by atoms with Crippen LogP contribution in [0, 0.1) is 0 Å². The van der Waals surface area contributed by atoms with E-state index >= 15 is 0 Å².